The molecule has 0 atom stereocenters. The Balaban J connectivity index is 1.67. The van der Waals surface area contributed by atoms with Crippen LogP contribution in [0.1, 0.15) is 50.8 Å². The van der Waals surface area contributed by atoms with E-state index in [1.807, 2.05) is 24.3 Å². The minimum Gasteiger partial charge on any atom is -0.440 e. The van der Waals surface area contributed by atoms with Gasteiger partial charge in [-0.25, -0.2) is 4.98 Å². The van der Waals surface area contributed by atoms with Gasteiger partial charge in [0.25, 0.3) is 0 Å². The molecule has 0 N–H and O–H groups in total. The van der Waals surface area contributed by atoms with Crippen LogP contribution in [0.15, 0.2) is 28.7 Å². The van der Waals surface area contributed by atoms with Gasteiger partial charge in [-0.1, -0.05) is 44.2 Å². The molecule has 3 heteroatoms. The maximum Gasteiger partial charge on any atom is 0.202 e. The first kappa shape index (κ1) is 13.3. The molecule has 3 nitrogen and oxygen atoms in total. The number of fused-ring (bicyclic) bond motifs is 1. The van der Waals surface area contributed by atoms with Crippen LogP contribution in [-0.2, 0) is 11.2 Å². The summed E-state index contributed by atoms with van der Waals surface area (Å²) >= 11 is 0. The molecule has 0 amide bonds. The van der Waals surface area contributed by atoms with Gasteiger partial charge in [0.05, 0.1) is 6.42 Å². The largest absolute Gasteiger partial charge is 0.440 e. The van der Waals surface area contributed by atoms with Crippen molar-refractivity contribution in [1.82, 2.24) is 4.98 Å². The molecule has 2 aromatic rings. The fourth-order valence-corrected chi connectivity index (χ4v) is 3.07. The maximum absolute atomic E-state index is 12.4. The van der Waals surface area contributed by atoms with E-state index in [0.29, 0.717) is 18.1 Å². The summed E-state index contributed by atoms with van der Waals surface area (Å²) in [5, 5.41) is 0. The van der Waals surface area contributed by atoms with Gasteiger partial charge in [0, 0.05) is 5.92 Å². The van der Waals surface area contributed by atoms with Crippen LogP contribution in [-0.4, -0.2) is 10.8 Å². The highest BCUT2D eigenvalue weighted by Gasteiger charge is 2.21. The summed E-state index contributed by atoms with van der Waals surface area (Å²) in [5.74, 6) is 1.09. The Morgan fingerprint density at radius 3 is 2.55 bits per heavy atom. The Bertz CT molecular complexity index is 546. The average Bonchev–Trinajstić information content (AvgIpc) is 2.80. The SMILES string of the molecule is O=C(Cc1nc2ccccc2o1)C1CCCCCCC1. The lowest BCUT2D eigenvalue weighted by molar-refractivity contribution is -0.123. The van der Waals surface area contributed by atoms with Crippen molar-refractivity contribution in [3.8, 4) is 0 Å². The molecular weight excluding hydrogens is 250 g/mol. The Morgan fingerprint density at radius 2 is 1.80 bits per heavy atom. The number of carbonyl (C=O) groups excluding carboxylic acids is 1. The van der Waals surface area contributed by atoms with Gasteiger partial charge >= 0.3 is 0 Å². The molecule has 1 aliphatic rings. The molecular formula is C17H21NO2. The minimum absolute atomic E-state index is 0.213. The third-order valence-electron chi connectivity index (χ3n) is 4.22. The highest BCUT2D eigenvalue weighted by molar-refractivity contribution is 5.83. The molecule has 1 heterocycles. The molecule has 0 bridgehead atoms. The summed E-state index contributed by atoms with van der Waals surface area (Å²) in [4.78, 5) is 16.8. The monoisotopic (exact) mass is 271 g/mol. The number of para-hydroxylation sites is 2. The highest BCUT2D eigenvalue weighted by atomic mass is 16.3. The standard InChI is InChI=1S/C17H21NO2/c19-15(13-8-4-2-1-3-5-9-13)12-17-18-14-10-6-7-11-16(14)20-17/h6-7,10-11,13H,1-5,8-9,12H2. The molecule has 0 saturated heterocycles. The van der Waals surface area contributed by atoms with Crippen molar-refractivity contribution in [3.63, 3.8) is 0 Å². The van der Waals surface area contributed by atoms with Gasteiger partial charge in [0.2, 0.25) is 5.89 Å². The summed E-state index contributed by atoms with van der Waals surface area (Å²) in [7, 11) is 0. The van der Waals surface area contributed by atoms with Gasteiger partial charge < -0.3 is 4.42 Å². The van der Waals surface area contributed by atoms with Crippen molar-refractivity contribution in [2.45, 2.75) is 51.4 Å². The number of nitrogens with zero attached hydrogens (tertiary/aromatic N) is 1. The Kier molecular flexibility index (Phi) is 4.14. The van der Waals surface area contributed by atoms with Crippen molar-refractivity contribution >= 4 is 16.9 Å². The second-order valence-corrected chi connectivity index (χ2v) is 5.76. The van der Waals surface area contributed by atoms with Gasteiger partial charge in [-0.2, -0.15) is 0 Å². The minimum atomic E-state index is 0.213. The second-order valence-electron chi connectivity index (χ2n) is 5.76. The summed E-state index contributed by atoms with van der Waals surface area (Å²) in [6.45, 7) is 0. The third-order valence-corrected chi connectivity index (χ3v) is 4.22. The molecule has 1 aromatic carbocycles. The van der Waals surface area contributed by atoms with E-state index in [1.54, 1.807) is 0 Å². The predicted octanol–water partition coefficient (Wildman–Crippen LogP) is 4.30. The van der Waals surface area contributed by atoms with E-state index < -0.39 is 0 Å². The Hall–Kier alpha value is -1.64. The zero-order chi connectivity index (χ0) is 13.8. The molecule has 1 saturated carbocycles. The van der Waals surface area contributed by atoms with E-state index in [4.69, 9.17) is 4.42 Å². The Morgan fingerprint density at radius 1 is 1.10 bits per heavy atom. The summed E-state index contributed by atoms with van der Waals surface area (Å²) in [6, 6.07) is 7.67. The number of hydrogen-bond donors (Lipinski definition) is 0. The van der Waals surface area contributed by atoms with Crippen LogP contribution in [0, 0.1) is 5.92 Å². The Labute approximate surface area is 119 Å². The van der Waals surface area contributed by atoms with E-state index in [-0.39, 0.29) is 5.92 Å². The quantitative estimate of drug-likeness (QED) is 0.836. The number of hydrogen-bond acceptors (Lipinski definition) is 3. The molecule has 0 unspecified atom stereocenters. The molecule has 1 aliphatic carbocycles. The number of ketones is 1. The molecule has 0 aliphatic heterocycles. The van der Waals surface area contributed by atoms with Crippen LogP contribution in [0.4, 0.5) is 0 Å². The number of rotatable bonds is 3. The van der Waals surface area contributed by atoms with E-state index in [1.165, 1.54) is 32.1 Å². The number of benzene rings is 1. The molecule has 3 rings (SSSR count). The zero-order valence-electron chi connectivity index (χ0n) is 11.8. The van der Waals surface area contributed by atoms with Gasteiger partial charge in [-0.3, -0.25) is 4.79 Å². The number of carbonyl (C=O) groups is 1. The average molecular weight is 271 g/mol. The molecule has 20 heavy (non-hydrogen) atoms. The van der Waals surface area contributed by atoms with Crippen LogP contribution in [0.3, 0.4) is 0 Å². The second kappa shape index (κ2) is 6.21. The van der Waals surface area contributed by atoms with Gasteiger partial charge in [-0.05, 0) is 25.0 Å². The van der Waals surface area contributed by atoms with Crippen molar-refractivity contribution in [3.05, 3.63) is 30.2 Å². The molecule has 0 spiro atoms. The lowest BCUT2D eigenvalue weighted by atomic mass is 9.87. The van der Waals surface area contributed by atoms with E-state index in [2.05, 4.69) is 4.98 Å². The summed E-state index contributed by atoms with van der Waals surface area (Å²) in [6.07, 6.45) is 8.66. The van der Waals surface area contributed by atoms with Crippen LogP contribution >= 0.6 is 0 Å². The maximum atomic E-state index is 12.4. The van der Waals surface area contributed by atoms with E-state index >= 15 is 0 Å². The zero-order valence-corrected chi connectivity index (χ0v) is 11.8. The highest BCUT2D eigenvalue weighted by Crippen LogP contribution is 2.24. The number of Topliss-reactive ketones (excluding diaryl/α,β-unsaturated/α-hetero) is 1. The lowest BCUT2D eigenvalue weighted by Crippen LogP contribution is -2.18. The third kappa shape index (κ3) is 3.09. The first-order valence-corrected chi connectivity index (χ1v) is 7.70. The molecule has 0 radical (unpaired) electrons. The number of oxazole rings is 1. The van der Waals surface area contributed by atoms with Crippen LogP contribution < -0.4 is 0 Å². The normalized spacial score (nSPS) is 17.8. The first-order chi connectivity index (χ1) is 9.83. The predicted molar refractivity (Wildman–Crippen MR) is 78.5 cm³/mol. The summed E-state index contributed by atoms with van der Waals surface area (Å²) in [5.41, 5.74) is 1.61. The van der Waals surface area contributed by atoms with Crippen LogP contribution in [0.2, 0.25) is 0 Å². The topological polar surface area (TPSA) is 43.1 Å². The van der Waals surface area contributed by atoms with Crippen LogP contribution in [0.5, 0.6) is 0 Å². The van der Waals surface area contributed by atoms with Crippen molar-refractivity contribution in [2.24, 2.45) is 5.92 Å². The fraction of sp³-hybridized carbons (Fsp3) is 0.529. The van der Waals surface area contributed by atoms with Crippen molar-refractivity contribution in [1.29, 1.82) is 0 Å². The fourth-order valence-electron chi connectivity index (χ4n) is 3.07. The molecule has 106 valence electrons. The number of aromatic nitrogens is 1. The first-order valence-electron chi connectivity index (χ1n) is 7.70. The van der Waals surface area contributed by atoms with E-state index in [9.17, 15) is 4.79 Å². The van der Waals surface area contributed by atoms with Crippen molar-refractivity contribution < 1.29 is 9.21 Å². The van der Waals surface area contributed by atoms with E-state index in [0.717, 1.165) is 23.9 Å². The molecule has 1 aromatic heterocycles. The molecule has 1 fully saturated rings. The van der Waals surface area contributed by atoms with Gasteiger partial charge in [0.1, 0.15) is 11.3 Å². The van der Waals surface area contributed by atoms with Gasteiger partial charge in [0.15, 0.2) is 5.58 Å². The smallest absolute Gasteiger partial charge is 0.202 e. The summed E-state index contributed by atoms with van der Waals surface area (Å²) < 4.78 is 5.65. The lowest BCUT2D eigenvalue weighted by Gasteiger charge is -2.17. The van der Waals surface area contributed by atoms with Crippen LogP contribution in [0.25, 0.3) is 11.1 Å². The van der Waals surface area contributed by atoms with Crippen molar-refractivity contribution in [2.75, 3.05) is 0 Å². The van der Waals surface area contributed by atoms with Gasteiger partial charge in [-0.15, -0.1) is 0 Å².